The minimum Gasteiger partial charge on any atom is -0.383 e. The van der Waals surface area contributed by atoms with Gasteiger partial charge in [0.25, 0.3) is 21.3 Å². The van der Waals surface area contributed by atoms with E-state index >= 15 is 0 Å². The van der Waals surface area contributed by atoms with Crippen molar-refractivity contribution in [3.8, 4) is 5.69 Å². The molecule has 0 radical (unpaired) electrons. The van der Waals surface area contributed by atoms with Crippen LogP contribution in [0, 0.1) is 17.0 Å². The molecular formula is C18H19N5O5S. The summed E-state index contributed by atoms with van der Waals surface area (Å²) in [4.78, 5) is 23.1. The fourth-order valence-corrected chi connectivity index (χ4v) is 4.06. The zero-order valence-electron chi connectivity index (χ0n) is 15.9. The topological polar surface area (TPSA) is 128 Å². The third-order valence-corrected chi connectivity index (χ3v) is 5.88. The van der Waals surface area contributed by atoms with Gasteiger partial charge in [0.05, 0.1) is 21.2 Å². The van der Waals surface area contributed by atoms with Gasteiger partial charge in [-0.2, -0.15) is 0 Å². The zero-order chi connectivity index (χ0) is 21.3. The highest BCUT2D eigenvalue weighted by Crippen LogP contribution is 2.28. The second-order valence-corrected chi connectivity index (χ2v) is 7.91. The number of nitro benzene ring substituents is 1. The van der Waals surface area contributed by atoms with Crippen LogP contribution < -0.4 is 15.6 Å². The number of sulfonamides is 1. The van der Waals surface area contributed by atoms with Crippen molar-refractivity contribution in [1.82, 2.24) is 9.36 Å². The van der Waals surface area contributed by atoms with E-state index in [9.17, 15) is 23.3 Å². The lowest BCUT2D eigenvalue weighted by molar-refractivity contribution is -0.384. The van der Waals surface area contributed by atoms with Crippen LogP contribution in [0.3, 0.4) is 0 Å². The van der Waals surface area contributed by atoms with Crippen molar-refractivity contribution in [2.24, 2.45) is 7.05 Å². The van der Waals surface area contributed by atoms with Gasteiger partial charge < -0.3 is 5.32 Å². The molecule has 29 heavy (non-hydrogen) atoms. The summed E-state index contributed by atoms with van der Waals surface area (Å²) in [5.41, 5.74) is 0.0716. The third-order valence-electron chi connectivity index (χ3n) is 4.54. The Bertz CT molecular complexity index is 1250. The van der Waals surface area contributed by atoms with Gasteiger partial charge in [-0.05, 0) is 31.2 Å². The van der Waals surface area contributed by atoms with Crippen molar-refractivity contribution in [3.05, 3.63) is 74.7 Å². The van der Waals surface area contributed by atoms with Gasteiger partial charge in [-0.25, -0.2) is 13.1 Å². The average molecular weight is 417 g/mol. The molecule has 0 unspecified atom stereocenters. The van der Waals surface area contributed by atoms with Gasteiger partial charge in [0, 0.05) is 20.2 Å². The lowest BCUT2D eigenvalue weighted by atomic mass is 10.3. The van der Waals surface area contributed by atoms with Crippen LogP contribution in [0.5, 0.6) is 0 Å². The molecule has 0 aliphatic rings. The summed E-state index contributed by atoms with van der Waals surface area (Å²) in [5.74, 6) is 0. The molecule has 0 aliphatic carbocycles. The van der Waals surface area contributed by atoms with E-state index in [1.165, 1.54) is 28.5 Å². The van der Waals surface area contributed by atoms with Crippen LogP contribution in [0.4, 0.5) is 17.1 Å². The average Bonchev–Trinajstić information content (AvgIpc) is 2.91. The van der Waals surface area contributed by atoms with E-state index in [-0.39, 0.29) is 22.0 Å². The van der Waals surface area contributed by atoms with E-state index in [0.29, 0.717) is 11.4 Å². The maximum Gasteiger partial charge on any atom is 0.296 e. The van der Waals surface area contributed by atoms with E-state index in [2.05, 4.69) is 10.0 Å². The molecule has 3 aromatic rings. The van der Waals surface area contributed by atoms with Gasteiger partial charge in [0.15, 0.2) is 0 Å². The molecule has 10 nitrogen and oxygen atoms in total. The standard InChI is InChI=1S/C18H19N5O5S/c1-12-17(18(24)22(21(12)3)13-7-5-4-6-8-13)20-29(27,28)14-9-10-15(19-2)16(11-14)23(25)26/h4-11,19-20H,1-3H3. The fourth-order valence-electron chi connectivity index (χ4n) is 2.92. The van der Waals surface area contributed by atoms with Crippen LogP contribution in [-0.2, 0) is 17.1 Å². The van der Waals surface area contributed by atoms with Crippen molar-refractivity contribution in [3.63, 3.8) is 0 Å². The monoisotopic (exact) mass is 417 g/mol. The Hall–Kier alpha value is -3.60. The molecule has 0 amide bonds. The molecule has 0 atom stereocenters. The molecule has 3 rings (SSSR count). The number of benzene rings is 2. The number of para-hydroxylation sites is 1. The van der Waals surface area contributed by atoms with Crippen LogP contribution in [0.2, 0.25) is 0 Å². The molecule has 11 heteroatoms. The Kier molecular flexibility index (Phi) is 5.16. The Labute approximate surface area is 166 Å². The van der Waals surface area contributed by atoms with Crippen LogP contribution in [0.15, 0.2) is 58.2 Å². The number of nitrogens with zero attached hydrogens (tertiary/aromatic N) is 3. The van der Waals surface area contributed by atoms with Gasteiger partial charge >= 0.3 is 0 Å². The molecule has 152 valence electrons. The summed E-state index contributed by atoms with van der Waals surface area (Å²) in [7, 11) is -1.11. The first-order valence-corrected chi connectivity index (χ1v) is 9.98. The molecule has 2 N–H and O–H groups in total. The second-order valence-electron chi connectivity index (χ2n) is 6.23. The Morgan fingerprint density at radius 2 is 1.76 bits per heavy atom. The number of anilines is 2. The molecule has 0 spiro atoms. The number of nitro groups is 1. The largest absolute Gasteiger partial charge is 0.383 e. The van der Waals surface area contributed by atoms with E-state index < -0.39 is 20.5 Å². The molecule has 0 saturated heterocycles. The highest BCUT2D eigenvalue weighted by molar-refractivity contribution is 7.92. The molecule has 0 fully saturated rings. The van der Waals surface area contributed by atoms with Gasteiger partial charge in [0.1, 0.15) is 11.4 Å². The summed E-state index contributed by atoms with van der Waals surface area (Å²) in [5, 5.41) is 13.9. The van der Waals surface area contributed by atoms with E-state index in [4.69, 9.17) is 0 Å². The molecule has 1 aromatic heterocycles. The Morgan fingerprint density at radius 3 is 2.34 bits per heavy atom. The first-order chi connectivity index (χ1) is 13.7. The minimum atomic E-state index is -4.23. The molecule has 0 saturated carbocycles. The number of hydrogen-bond donors (Lipinski definition) is 2. The van der Waals surface area contributed by atoms with E-state index in [1.54, 1.807) is 44.3 Å². The quantitative estimate of drug-likeness (QED) is 0.468. The number of aromatic nitrogens is 2. The van der Waals surface area contributed by atoms with Crippen molar-refractivity contribution in [1.29, 1.82) is 0 Å². The van der Waals surface area contributed by atoms with Crippen molar-refractivity contribution in [2.45, 2.75) is 11.8 Å². The minimum absolute atomic E-state index is 0.128. The molecule has 2 aromatic carbocycles. The SMILES string of the molecule is CNc1ccc(S(=O)(=O)Nc2c(C)n(C)n(-c3ccccc3)c2=O)cc1[N+](=O)[O-]. The molecule has 0 aliphatic heterocycles. The van der Waals surface area contributed by atoms with Crippen LogP contribution >= 0.6 is 0 Å². The predicted octanol–water partition coefficient (Wildman–Crippen LogP) is 2.24. The second kappa shape index (κ2) is 7.43. The summed E-state index contributed by atoms with van der Waals surface area (Å²) in [6.45, 7) is 1.60. The van der Waals surface area contributed by atoms with Crippen LogP contribution in [-0.4, -0.2) is 29.8 Å². The maximum atomic E-state index is 12.9. The zero-order valence-corrected chi connectivity index (χ0v) is 16.7. The van der Waals surface area contributed by atoms with Gasteiger partial charge in [-0.1, -0.05) is 18.2 Å². The van der Waals surface area contributed by atoms with Gasteiger partial charge in [0.2, 0.25) is 0 Å². The van der Waals surface area contributed by atoms with Crippen molar-refractivity contribution in [2.75, 3.05) is 17.1 Å². The summed E-state index contributed by atoms with van der Waals surface area (Å²) >= 11 is 0. The van der Waals surface area contributed by atoms with Gasteiger partial charge in [-0.15, -0.1) is 0 Å². The normalized spacial score (nSPS) is 11.3. The lowest BCUT2D eigenvalue weighted by Crippen LogP contribution is -2.23. The van der Waals surface area contributed by atoms with Crippen molar-refractivity contribution < 1.29 is 13.3 Å². The van der Waals surface area contributed by atoms with Crippen LogP contribution in [0.1, 0.15) is 5.69 Å². The highest BCUT2D eigenvalue weighted by Gasteiger charge is 2.25. The smallest absolute Gasteiger partial charge is 0.296 e. The predicted molar refractivity (Wildman–Crippen MR) is 109 cm³/mol. The summed E-state index contributed by atoms with van der Waals surface area (Å²) in [6.07, 6.45) is 0. The summed E-state index contributed by atoms with van der Waals surface area (Å²) < 4.78 is 30.8. The summed E-state index contributed by atoms with van der Waals surface area (Å²) in [6, 6.07) is 12.2. The maximum absolute atomic E-state index is 12.9. The number of nitrogens with one attached hydrogen (secondary N) is 2. The first kappa shape index (κ1) is 20.1. The molecule has 1 heterocycles. The van der Waals surface area contributed by atoms with Crippen LogP contribution in [0.25, 0.3) is 5.69 Å². The third kappa shape index (κ3) is 3.59. The Morgan fingerprint density at radius 1 is 1.10 bits per heavy atom. The highest BCUT2D eigenvalue weighted by atomic mass is 32.2. The van der Waals surface area contributed by atoms with Crippen molar-refractivity contribution >= 4 is 27.1 Å². The van der Waals surface area contributed by atoms with E-state index in [1.807, 2.05) is 0 Å². The first-order valence-electron chi connectivity index (χ1n) is 8.50. The van der Waals surface area contributed by atoms with Gasteiger partial charge in [-0.3, -0.25) is 24.3 Å². The number of rotatable bonds is 6. The number of hydrogen-bond acceptors (Lipinski definition) is 6. The molecule has 0 bridgehead atoms. The lowest BCUT2D eigenvalue weighted by Gasteiger charge is -2.08. The Balaban J connectivity index is 2.08. The molecular weight excluding hydrogens is 398 g/mol. The fraction of sp³-hybridized carbons (Fsp3) is 0.167. The van der Waals surface area contributed by atoms with E-state index in [0.717, 1.165) is 6.07 Å².